The van der Waals surface area contributed by atoms with Crippen LogP contribution in [0.2, 0.25) is 10.0 Å². The highest BCUT2D eigenvalue weighted by molar-refractivity contribution is 9.09. The maximum absolute atomic E-state index is 11.8. The number of hydrogen-bond donors (Lipinski definition) is 1. The Hall–Kier alpha value is -0.890. The Labute approximate surface area is 143 Å². The smallest absolute Gasteiger partial charge is 0.264 e. The van der Waals surface area contributed by atoms with Gasteiger partial charge in [-0.15, -0.1) is 10.2 Å². The molecule has 112 valence electrons. The van der Waals surface area contributed by atoms with E-state index < -0.39 is 0 Å². The Kier molecular flexibility index (Phi) is 6.22. The van der Waals surface area contributed by atoms with Crippen LogP contribution in [-0.4, -0.2) is 28.0 Å². The number of amides is 1. The van der Waals surface area contributed by atoms with E-state index in [0.29, 0.717) is 20.9 Å². The molecule has 0 saturated heterocycles. The van der Waals surface area contributed by atoms with Crippen LogP contribution in [0.5, 0.6) is 5.75 Å². The number of anilines is 1. The number of halogens is 3. The lowest BCUT2D eigenvalue weighted by Gasteiger charge is -2.07. The summed E-state index contributed by atoms with van der Waals surface area (Å²) in [6.07, 6.45) is 0.768. The van der Waals surface area contributed by atoms with Gasteiger partial charge < -0.3 is 4.74 Å². The third-order valence-corrected chi connectivity index (χ3v) is 4.10. The van der Waals surface area contributed by atoms with Crippen molar-refractivity contribution in [1.29, 1.82) is 0 Å². The van der Waals surface area contributed by atoms with Crippen molar-refractivity contribution in [1.82, 2.24) is 10.2 Å². The lowest BCUT2D eigenvalue weighted by atomic mass is 10.3. The number of carbonyl (C=O) groups is 1. The average Bonchev–Trinajstić information content (AvgIpc) is 2.85. The lowest BCUT2D eigenvalue weighted by Crippen LogP contribution is -2.20. The molecule has 0 radical (unpaired) electrons. The van der Waals surface area contributed by atoms with Gasteiger partial charge in [-0.3, -0.25) is 10.1 Å². The lowest BCUT2D eigenvalue weighted by molar-refractivity contribution is -0.118. The van der Waals surface area contributed by atoms with Gasteiger partial charge in [-0.1, -0.05) is 50.5 Å². The number of ether oxygens (including phenoxy) is 1. The van der Waals surface area contributed by atoms with E-state index in [1.165, 1.54) is 11.3 Å². The molecule has 2 rings (SSSR count). The number of rotatable bonds is 6. The van der Waals surface area contributed by atoms with Crippen LogP contribution in [0.3, 0.4) is 0 Å². The second-order valence-corrected chi connectivity index (χ2v) is 6.55. The molecule has 21 heavy (non-hydrogen) atoms. The highest BCUT2D eigenvalue weighted by atomic mass is 79.9. The van der Waals surface area contributed by atoms with Crippen LogP contribution in [0, 0.1) is 0 Å². The van der Waals surface area contributed by atoms with Crippen molar-refractivity contribution in [2.45, 2.75) is 6.42 Å². The first-order valence-corrected chi connectivity index (χ1v) is 8.54. The van der Waals surface area contributed by atoms with Crippen LogP contribution in [-0.2, 0) is 11.2 Å². The first-order chi connectivity index (χ1) is 10.1. The molecule has 0 fully saturated rings. The predicted molar refractivity (Wildman–Crippen MR) is 88.0 cm³/mol. The van der Waals surface area contributed by atoms with Gasteiger partial charge in [0.1, 0.15) is 10.8 Å². The van der Waals surface area contributed by atoms with Gasteiger partial charge in [-0.05, 0) is 18.2 Å². The Balaban J connectivity index is 1.86. The Morgan fingerprint density at radius 1 is 1.38 bits per heavy atom. The van der Waals surface area contributed by atoms with Crippen LogP contribution in [0.4, 0.5) is 5.13 Å². The summed E-state index contributed by atoms with van der Waals surface area (Å²) < 4.78 is 5.33. The van der Waals surface area contributed by atoms with Gasteiger partial charge in [0.05, 0.1) is 5.02 Å². The van der Waals surface area contributed by atoms with Crippen molar-refractivity contribution in [3.05, 3.63) is 33.3 Å². The fourth-order valence-corrected chi connectivity index (χ4v) is 3.23. The van der Waals surface area contributed by atoms with Crippen molar-refractivity contribution in [2.24, 2.45) is 0 Å². The zero-order chi connectivity index (χ0) is 15.2. The minimum absolute atomic E-state index is 0.172. The zero-order valence-electron chi connectivity index (χ0n) is 10.6. The van der Waals surface area contributed by atoms with Crippen molar-refractivity contribution >= 4 is 61.5 Å². The maximum Gasteiger partial charge on any atom is 0.264 e. The summed E-state index contributed by atoms with van der Waals surface area (Å²) in [6.45, 7) is -0.172. The molecule has 1 heterocycles. The summed E-state index contributed by atoms with van der Waals surface area (Å²) in [5.74, 6) is 0.0658. The minimum Gasteiger partial charge on any atom is -0.482 e. The van der Waals surface area contributed by atoms with Crippen molar-refractivity contribution in [3.63, 3.8) is 0 Å². The molecule has 5 nitrogen and oxygen atoms in total. The molecule has 1 aromatic heterocycles. The molecule has 0 spiro atoms. The van der Waals surface area contributed by atoms with E-state index >= 15 is 0 Å². The molecule has 0 bridgehead atoms. The fourth-order valence-electron chi connectivity index (χ4n) is 1.38. The standard InChI is InChI=1S/C12H10BrCl2N3O2S/c13-4-3-11-17-18-12(21-11)16-10(19)6-20-9-2-1-7(14)5-8(9)15/h1-2,5H,3-4,6H2,(H,16,18,19). The normalized spacial score (nSPS) is 10.4. The summed E-state index contributed by atoms with van der Waals surface area (Å²) in [5.41, 5.74) is 0. The third kappa shape index (κ3) is 5.10. The molecule has 2 aromatic rings. The Morgan fingerprint density at radius 3 is 2.90 bits per heavy atom. The Morgan fingerprint density at radius 2 is 2.19 bits per heavy atom. The summed E-state index contributed by atoms with van der Waals surface area (Å²) in [5, 5.41) is 13.4. The van der Waals surface area contributed by atoms with E-state index in [9.17, 15) is 4.79 Å². The second-order valence-electron chi connectivity index (χ2n) is 3.85. The van der Waals surface area contributed by atoms with Crippen molar-refractivity contribution in [3.8, 4) is 5.75 Å². The number of nitrogens with one attached hydrogen (secondary N) is 1. The van der Waals surface area contributed by atoms with Crippen LogP contribution < -0.4 is 10.1 Å². The largest absolute Gasteiger partial charge is 0.482 e. The SMILES string of the molecule is O=C(COc1ccc(Cl)cc1Cl)Nc1nnc(CCBr)s1. The molecule has 0 saturated carbocycles. The fraction of sp³-hybridized carbons (Fsp3) is 0.250. The summed E-state index contributed by atoms with van der Waals surface area (Å²) in [4.78, 5) is 11.8. The molecule has 1 amide bonds. The van der Waals surface area contributed by atoms with Gasteiger partial charge in [-0.25, -0.2) is 0 Å². The molecule has 0 atom stereocenters. The molecule has 0 unspecified atom stereocenters. The van der Waals surface area contributed by atoms with Gasteiger partial charge in [-0.2, -0.15) is 0 Å². The number of carbonyl (C=O) groups excluding carboxylic acids is 1. The van der Waals surface area contributed by atoms with Gasteiger partial charge in [0, 0.05) is 16.8 Å². The average molecular weight is 411 g/mol. The van der Waals surface area contributed by atoms with Crippen molar-refractivity contribution < 1.29 is 9.53 Å². The number of nitrogens with zero attached hydrogens (tertiary/aromatic N) is 2. The van der Waals surface area contributed by atoms with E-state index in [4.69, 9.17) is 27.9 Å². The minimum atomic E-state index is -0.331. The molecule has 0 aliphatic heterocycles. The van der Waals surface area contributed by atoms with E-state index in [1.807, 2.05) is 0 Å². The maximum atomic E-state index is 11.8. The molecule has 0 aliphatic rings. The number of aromatic nitrogens is 2. The number of hydrogen-bond acceptors (Lipinski definition) is 5. The van der Waals surface area contributed by atoms with Crippen molar-refractivity contribution in [2.75, 3.05) is 17.3 Å². The molecule has 1 aromatic carbocycles. The monoisotopic (exact) mass is 409 g/mol. The topological polar surface area (TPSA) is 64.1 Å². The Bertz CT molecular complexity index is 639. The van der Waals surface area contributed by atoms with Crippen LogP contribution in [0.25, 0.3) is 0 Å². The van der Waals surface area contributed by atoms with Crippen LogP contribution in [0.1, 0.15) is 5.01 Å². The second kappa shape index (κ2) is 7.93. The summed E-state index contributed by atoms with van der Waals surface area (Å²) >= 11 is 16.4. The third-order valence-electron chi connectivity index (χ3n) is 2.27. The van der Waals surface area contributed by atoms with Crippen LogP contribution in [0.15, 0.2) is 18.2 Å². The molecule has 1 N–H and O–H groups in total. The summed E-state index contributed by atoms with van der Waals surface area (Å²) in [7, 11) is 0. The molecular formula is C12H10BrCl2N3O2S. The highest BCUT2D eigenvalue weighted by Gasteiger charge is 2.10. The highest BCUT2D eigenvalue weighted by Crippen LogP contribution is 2.27. The van der Waals surface area contributed by atoms with Gasteiger partial charge in [0.2, 0.25) is 5.13 Å². The quantitative estimate of drug-likeness (QED) is 0.735. The predicted octanol–water partition coefficient (Wildman–Crippen LogP) is 3.80. The molecule has 9 heteroatoms. The van der Waals surface area contributed by atoms with E-state index in [-0.39, 0.29) is 12.5 Å². The first-order valence-electron chi connectivity index (χ1n) is 5.84. The van der Waals surface area contributed by atoms with Gasteiger partial charge in [0.25, 0.3) is 5.91 Å². The number of benzene rings is 1. The summed E-state index contributed by atoms with van der Waals surface area (Å²) in [6, 6.07) is 4.79. The number of alkyl halides is 1. The zero-order valence-corrected chi connectivity index (χ0v) is 14.5. The van der Waals surface area contributed by atoms with E-state index in [2.05, 4.69) is 31.4 Å². The van der Waals surface area contributed by atoms with E-state index in [0.717, 1.165) is 16.8 Å². The first kappa shape index (κ1) is 16.5. The number of aryl methyl sites for hydroxylation is 1. The molecular weight excluding hydrogens is 401 g/mol. The van der Waals surface area contributed by atoms with E-state index in [1.54, 1.807) is 18.2 Å². The van der Waals surface area contributed by atoms with Gasteiger partial charge in [0.15, 0.2) is 6.61 Å². The van der Waals surface area contributed by atoms with Crippen LogP contribution >= 0.6 is 50.5 Å². The molecule has 0 aliphatic carbocycles. The van der Waals surface area contributed by atoms with Gasteiger partial charge >= 0.3 is 0 Å².